The Hall–Kier alpha value is -3.63. The fourth-order valence-electron chi connectivity index (χ4n) is 4.22. The van der Waals surface area contributed by atoms with Crippen LogP contribution in [0.5, 0.6) is 0 Å². The van der Waals surface area contributed by atoms with Gasteiger partial charge >= 0.3 is 0 Å². The lowest BCUT2D eigenvalue weighted by atomic mass is 9.98. The predicted molar refractivity (Wildman–Crippen MR) is 143 cm³/mol. The summed E-state index contributed by atoms with van der Waals surface area (Å²) in [5.41, 5.74) is 6.53. The minimum Gasteiger partial charge on any atom is -0.206 e. The van der Waals surface area contributed by atoms with E-state index in [0.29, 0.717) is 11.8 Å². The number of aryl methyl sites for hydroxylation is 4. The van der Waals surface area contributed by atoms with Crippen LogP contribution in [0, 0.1) is 17.7 Å². The fraction of sp³-hybridized carbons (Fsp3) is 0.212. The van der Waals surface area contributed by atoms with E-state index in [0.717, 1.165) is 54.2 Å². The summed E-state index contributed by atoms with van der Waals surface area (Å²) in [6.45, 7) is 5.96. The van der Waals surface area contributed by atoms with Crippen molar-refractivity contribution in [1.29, 1.82) is 0 Å². The molecule has 4 rings (SSSR count). The molecule has 0 aliphatic rings. The molecule has 0 unspecified atom stereocenters. The molecule has 0 radical (unpaired) electrons. The van der Waals surface area contributed by atoms with Crippen LogP contribution in [0.2, 0.25) is 0 Å². The molecular formula is C33H31F. The predicted octanol–water partition coefficient (Wildman–Crippen LogP) is 8.24. The Labute approximate surface area is 203 Å². The number of allylic oxidation sites excluding steroid dienone is 1. The first-order valence-electron chi connectivity index (χ1n) is 12.2. The van der Waals surface area contributed by atoms with Crippen molar-refractivity contribution >= 4 is 10.8 Å². The van der Waals surface area contributed by atoms with Gasteiger partial charge < -0.3 is 0 Å². The molecule has 0 atom stereocenters. The highest BCUT2D eigenvalue weighted by atomic mass is 19.1. The number of hydrogen-bond donors (Lipinski definition) is 0. The third-order valence-corrected chi connectivity index (χ3v) is 6.22. The Morgan fingerprint density at radius 1 is 0.706 bits per heavy atom. The molecule has 0 saturated heterocycles. The van der Waals surface area contributed by atoms with Gasteiger partial charge in [-0.25, -0.2) is 4.39 Å². The van der Waals surface area contributed by atoms with Crippen molar-refractivity contribution in [1.82, 2.24) is 0 Å². The second-order valence-corrected chi connectivity index (χ2v) is 8.82. The Balaban J connectivity index is 1.45. The third-order valence-electron chi connectivity index (χ3n) is 6.22. The van der Waals surface area contributed by atoms with Crippen molar-refractivity contribution in [2.75, 3.05) is 0 Å². The van der Waals surface area contributed by atoms with Crippen molar-refractivity contribution < 1.29 is 4.39 Å². The van der Waals surface area contributed by atoms with Crippen molar-refractivity contribution in [2.24, 2.45) is 0 Å². The Morgan fingerprint density at radius 3 is 2.03 bits per heavy atom. The Kier molecular flexibility index (Phi) is 7.95. The number of benzene rings is 4. The van der Waals surface area contributed by atoms with Crippen LogP contribution < -0.4 is 0 Å². The van der Waals surface area contributed by atoms with E-state index in [-0.39, 0.29) is 5.82 Å². The molecule has 0 saturated carbocycles. The van der Waals surface area contributed by atoms with Crippen molar-refractivity contribution in [2.45, 2.75) is 45.4 Å². The van der Waals surface area contributed by atoms with Gasteiger partial charge in [-0.3, -0.25) is 0 Å². The van der Waals surface area contributed by atoms with E-state index in [4.69, 9.17) is 0 Å². The number of hydrogen-bond acceptors (Lipinski definition) is 0. The summed E-state index contributed by atoms with van der Waals surface area (Å²) in [6, 6.07) is 26.7. The average Bonchev–Trinajstić information content (AvgIpc) is 2.87. The third kappa shape index (κ3) is 6.03. The first-order valence-corrected chi connectivity index (χ1v) is 12.2. The monoisotopic (exact) mass is 446 g/mol. The fourth-order valence-corrected chi connectivity index (χ4v) is 4.22. The highest BCUT2D eigenvalue weighted by Crippen LogP contribution is 2.24. The molecule has 0 bridgehead atoms. The van der Waals surface area contributed by atoms with Crippen LogP contribution in [-0.2, 0) is 25.7 Å². The number of rotatable bonds is 8. The van der Waals surface area contributed by atoms with E-state index in [1.807, 2.05) is 36.4 Å². The molecule has 34 heavy (non-hydrogen) atoms. The van der Waals surface area contributed by atoms with Crippen molar-refractivity contribution in [3.63, 3.8) is 0 Å². The minimum absolute atomic E-state index is 0.116. The van der Waals surface area contributed by atoms with E-state index in [1.165, 1.54) is 16.7 Å². The molecule has 4 aromatic rings. The molecule has 0 aromatic heterocycles. The van der Waals surface area contributed by atoms with Crippen LogP contribution in [0.3, 0.4) is 0 Å². The lowest BCUT2D eigenvalue weighted by molar-refractivity contribution is 0.620. The van der Waals surface area contributed by atoms with E-state index in [2.05, 4.69) is 73.9 Å². The topological polar surface area (TPSA) is 0 Å². The molecule has 0 aliphatic heterocycles. The number of halogens is 1. The minimum atomic E-state index is -0.116. The molecule has 1 heteroatoms. The zero-order valence-electron chi connectivity index (χ0n) is 19.9. The molecule has 0 nitrogen and oxygen atoms in total. The smallest absolute Gasteiger partial charge is 0.134 e. The van der Waals surface area contributed by atoms with Gasteiger partial charge in [-0.15, -0.1) is 6.58 Å². The molecule has 0 heterocycles. The second kappa shape index (κ2) is 11.5. The van der Waals surface area contributed by atoms with Gasteiger partial charge in [-0.05, 0) is 84.0 Å². The molecular weight excluding hydrogens is 415 g/mol. The molecule has 0 N–H and O–H groups in total. The van der Waals surface area contributed by atoms with Crippen LogP contribution in [0.25, 0.3) is 10.8 Å². The van der Waals surface area contributed by atoms with E-state index in [9.17, 15) is 0 Å². The Morgan fingerprint density at radius 2 is 1.32 bits per heavy atom. The SMILES string of the molecule is C=CCCc1ccc(C#Cc2ccc3c(F)c(CCc4ccc(CCC)cc4)ccc3c2)cc1. The summed E-state index contributed by atoms with van der Waals surface area (Å²) in [4.78, 5) is 0. The molecule has 0 aliphatic carbocycles. The highest BCUT2D eigenvalue weighted by Gasteiger charge is 2.08. The molecule has 0 amide bonds. The zero-order valence-corrected chi connectivity index (χ0v) is 19.9. The zero-order chi connectivity index (χ0) is 23.8. The maximum atomic E-state index is 15.2. The maximum absolute atomic E-state index is 15.2. The van der Waals surface area contributed by atoms with E-state index < -0.39 is 0 Å². The first-order chi connectivity index (χ1) is 16.7. The summed E-state index contributed by atoms with van der Waals surface area (Å²) >= 11 is 0. The first kappa shape index (κ1) is 23.5. The van der Waals surface area contributed by atoms with Crippen LogP contribution in [0.1, 0.15) is 53.1 Å². The average molecular weight is 447 g/mol. The molecule has 4 aromatic carbocycles. The lowest BCUT2D eigenvalue weighted by Crippen LogP contribution is -1.96. The Bertz CT molecular complexity index is 1320. The van der Waals surface area contributed by atoms with E-state index in [1.54, 1.807) is 0 Å². The van der Waals surface area contributed by atoms with Crippen LogP contribution in [0.4, 0.5) is 4.39 Å². The molecule has 170 valence electrons. The summed E-state index contributed by atoms with van der Waals surface area (Å²) < 4.78 is 15.2. The van der Waals surface area contributed by atoms with Crippen molar-refractivity contribution in [3.05, 3.63) is 131 Å². The van der Waals surface area contributed by atoms with Gasteiger partial charge in [0.05, 0.1) is 0 Å². The largest absolute Gasteiger partial charge is 0.206 e. The van der Waals surface area contributed by atoms with Gasteiger partial charge in [0.2, 0.25) is 0 Å². The molecule has 0 fully saturated rings. The second-order valence-electron chi connectivity index (χ2n) is 8.82. The van der Waals surface area contributed by atoms with Gasteiger partial charge in [0, 0.05) is 16.5 Å². The molecule has 0 spiro atoms. The lowest BCUT2D eigenvalue weighted by Gasteiger charge is -2.08. The van der Waals surface area contributed by atoms with Gasteiger partial charge in [0.1, 0.15) is 5.82 Å². The van der Waals surface area contributed by atoms with Crippen LogP contribution >= 0.6 is 0 Å². The summed E-state index contributed by atoms with van der Waals surface area (Å²) in [5.74, 6) is 6.33. The van der Waals surface area contributed by atoms with Crippen molar-refractivity contribution in [3.8, 4) is 11.8 Å². The standard InChI is InChI=1S/C33H31F/c1-3-5-7-26-10-14-27(15-11-26)16-17-29-19-23-32-31(24-29)22-21-30(33(32)34)20-18-28-12-8-25(6-4-2)9-13-28/h3,8-15,19,21-24H,1,4-7,18,20H2,2H3. The quantitative estimate of drug-likeness (QED) is 0.189. The number of fused-ring (bicyclic) bond motifs is 1. The normalized spacial score (nSPS) is 10.6. The highest BCUT2D eigenvalue weighted by molar-refractivity contribution is 5.85. The van der Waals surface area contributed by atoms with E-state index >= 15 is 4.39 Å². The van der Waals surface area contributed by atoms with Gasteiger partial charge in [-0.1, -0.05) is 85.9 Å². The summed E-state index contributed by atoms with van der Waals surface area (Å²) in [7, 11) is 0. The maximum Gasteiger partial charge on any atom is 0.134 e. The van der Waals surface area contributed by atoms with Gasteiger partial charge in [0.25, 0.3) is 0 Å². The van der Waals surface area contributed by atoms with Crippen LogP contribution in [0.15, 0.2) is 91.5 Å². The summed E-state index contributed by atoms with van der Waals surface area (Å²) in [6.07, 6.45) is 7.70. The van der Waals surface area contributed by atoms with Crippen LogP contribution in [-0.4, -0.2) is 0 Å². The summed E-state index contributed by atoms with van der Waals surface area (Å²) in [5, 5.41) is 1.55. The van der Waals surface area contributed by atoms with Gasteiger partial charge in [-0.2, -0.15) is 0 Å². The van der Waals surface area contributed by atoms with Gasteiger partial charge in [0.15, 0.2) is 0 Å².